The Bertz CT molecular complexity index is 1770. The second kappa shape index (κ2) is 33.6. The third-order valence-electron chi connectivity index (χ3n) is 9.66. The molecule has 1 N–H and O–H groups in total. The number of para-hydroxylation sites is 1. The summed E-state index contributed by atoms with van der Waals surface area (Å²) in [5.41, 5.74) is 3.67. The zero-order chi connectivity index (χ0) is 46.0. The van der Waals surface area contributed by atoms with Gasteiger partial charge in [-0.05, 0) is 36.6 Å². The van der Waals surface area contributed by atoms with E-state index in [1.165, 1.54) is 0 Å². The molecule has 4 amide bonds. The summed E-state index contributed by atoms with van der Waals surface area (Å²) in [6, 6.07) is 15.7. The highest BCUT2D eigenvalue weighted by molar-refractivity contribution is 6.01. The van der Waals surface area contributed by atoms with Gasteiger partial charge in [0.05, 0.1) is 138 Å². The molecule has 4 rings (SSSR count). The molecule has 2 aromatic rings. The van der Waals surface area contributed by atoms with Gasteiger partial charge >= 0.3 is 5.97 Å². The van der Waals surface area contributed by atoms with Crippen molar-refractivity contribution in [3.05, 3.63) is 65.2 Å². The van der Waals surface area contributed by atoms with E-state index in [2.05, 4.69) is 17.2 Å². The minimum Gasteiger partial charge on any atom is -0.379 e. The molecule has 2 heterocycles. The Morgan fingerprint density at radius 1 is 0.508 bits per heavy atom. The van der Waals surface area contributed by atoms with Crippen LogP contribution in [0, 0.1) is 11.8 Å². The number of ether oxygens (including phenoxy) is 9. The van der Waals surface area contributed by atoms with Gasteiger partial charge in [0.25, 0.3) is 11.8 Å². The lowest BCUT2D eigenvalue weighted by molar-refractivity contribution is -0.198. The van der Waals surface area contributed by atoms with E-state index < -0.39 is 17.8 Å². The lowest BCUT2D eigenvalue weighted by Crippen LogP contribution is -2.32. The lowest BCUT2D eigenvalue weighted by atomic mass is 10.0. The van der Waals surface area contributed by atoms with Crippen molar-refractivity contribution in [3.63, 3.8) is 0 Å². The summed E-state index contributed by atoms with van der Waals surface area (Å²) in [7, 11) is 0. The van der Waals surface area contributed by atoms with Crippen LogP contribution in [0.4, 0.5) is 5.69 Å². The molecule has 0 aromatic heterocycles. The highest BCUT2D eigenvalue weighted by Gasteiger charge is 2.32. The Labute approximate surface area is 381 Å². The quantitative estimate of drug-likeness (QED) is 0.0590. The molecule has 1 fully saturated rings. The van der Waals surface area contributed by atoms with Crippen LogP contribution in [0.1, 0.15) is 68.1 Å². The number of carbonyl (C=O) groups is 5. The molecule has 2 aliphatic heterocycles. The predicted molar refractivity (Wildman–Crippen MR) is 235 cm³/mol. The first kappa shape index (κ1) is 52.8. The molecule has 0 bridgehead atoms. The number of hydrogen-bond donors (Lipinski definition) is 1. The second-order valence-corrected chi connectivity index (χ2v) is 14.6. The number of amides is 4. The number of carbonyl (C=O) groups excluding carboxylic acids is 5. The lowest BCUT2D eigenvalue weighted by Gasteiger charge is -2.26. The maximum absolute atomic E-state index is 13.3. The number of hydroxylamine groups is 2. The third kappa shape index (κ3) is 22.8. The van der Waals surface area contributed by atoms with Crippen LogP contribution in [0.5, 0.6) is 0 Å². The third-order valence-corrected chi connectivity index (χ3v) is 9.66. The summed E-state index contributed by atoms with van der Waals surface area (Å²) in [5, 5.41) is 3.44. The van der Waals surface area contributed by atoms with Crippen LogP contribution in [0.2, 0.25) is 0 Å². The van der Waals surface area contributed by atoms with Crippen molar-refractivity contribution < 1.29 is 71.4 Å². The number of nitrogens with zero attached hydrogens (tertiary/aromatic N) is 2. The van der Waals surface area contributed by atoms with Gasteiger partial charge in [-0.15, -0.1) is 5.06 Å². The highest BCUT2D eigenvalue weighted by atomic mass is 16.7. The van der Waals surface area contributed by atoms with E-state index in [1.807, 2.05) is 53.4 Å². The van der Waals surface area contributed by atoms with Gasteiger partial charge in [-0.2, -0.15) is 0 Å². The SMILES string of the molecule is O=C(CCOCCOCCOCCOCCOCCOCCOCCOCCOCCC(=O)ON1C(=O)CCC1=O)NCCCCCC(=O)N1Cc2ccccc2C#Cc2ccccc21. The number of nitrogens with one attached hydrogen (secondary N) is 1. The van der Waals surface area contributed by atoms with Gasteiger partial charge in [-0.3, -0.25) is 19.2 Å². The number of benzene rings is 2. The van der Waals surface area contributed by atoms with Crippen LogP contribution in [0.15, 0.2) is 48.5 Å². The van der Waals surface area contributed by atoms with E-state index in [9.17, 15) is 24.0 Å². The molecule has 0 aliphatic carbocycles. The van der Waals surface area contributed by atoms with Crippen molar-refractivity contribution in [3.8, 4) is 11.8 Å². The van der Waals surface area contributed by atoms with Gasteiger partial charge in [0, 0.05) is 43.4 Å². The number of rotatable bonds is 37. The molecular formula is C47H65N3O15. The Balaban J connectivity index is 0.807. The van der Waals surface area contributed by atoms with Gasteiger partial charge in [-0.25, -0.2) is 4.79 Å². The fraction of sp³-hybridized carbons (Fsp3) is 0.596. The van der Waals surface area contributed by atoms with E-state index >= 15 is 0 Å². The van der Waals surface area contributed by atoms with Crippen molar-refractivity contribution in [2.24, 2.45) is 0 Å². The zero-order valence-electron chi connectivity index (χ0n) is 37.4. The van der Waals surface area contributed by atoms with Crippen LogP contribution >= 0.6 is 0 Å². The smallest absolute Gasteiger partial charge is 0.335 e. The minimum atomic E-state index is -0.706. The number of anilines is 1. The van der Waals surface area contributed by atoms with Gasteiger partial charge < -0.3 is 57.7 Å². The normalized spacial score (nSPS) is 13.2. The molecule has 2 aromatic carbocycles. The molecule has 65 heavy (non-hydrogen) atoms. The number of hydrogen-bond acceptors (Lipinski definition) is 15. The van der Waals surface area contributed by atoms with Crippen molar-refractivity contribution >= 4 is 35.3 Å². The Morgan fingerprint density at radius 3 is 1.49 bits per heavy atom. The highest BCUT2D eigenvalue weighted by Crippen LogP contribution is 2.26. The van der Waals surface area contributed by atoms with Crippen LogP contribution in [-0.2, 0) is 78.0 Å². The van der Waals surface area contributed by atoms with E-state index in [4.69, 9.17) is 47.5 Å². The fourth-order valence-electron chi connectivity index (χ4n) is 6.22. The maximum atomic E-state index is 13.3. The summed E-state index contributed by atoms with van der Waals surface area (Å²) in [5.74, 6) is 4.75. The van der Waals surface area contributed by atoms with E-state index in [0.717, 1.165) is 41.6 Å². The Morgan fingerprint density at radius 2 is 0.954 bits per heavy atom. The summed E-state index contributed by atoms with van der Waals surface area (Å²) in [6.45, 7) is 8.02. The first-order chi connectivity index (χ1) is 31.9. The molecule has 0 spiro atoms. The first-order valence-electron chi connectivity index (χ1n) is 22.4. The van der Waals surface area contributed by atoms with E-state index in [0.29, 0.717) is 130 Å². The molecule has 18 heteroatoms. The summed E-state index contributed by atoms with van der Waals surface area (Å²) < 4.78 is 49.1. The van der Waals surface area contributed by atoms with Crippen LogP contribution in [0.25, 0.3) is 0 Å². The molecule has 0 unspecified atom stereocenters. The number of imide groups is 1. The molecule has 1 saturated heterocycles. The van der Waals surface area contributed by atoms with Gasteiger partial charge in [0.15, 0.2) is 0 Å². The molecule has 18 nitrogen and oxygen atoms in total. The van der Waals surface area contributed by atoms with Crippen molar-refractivity contribution in [1.82, 2.24) is 10.4 Å². The van der Waals surface area contributed by atoms with E-state index in [-0.39, 0.29) is 50.7 Å². The molecule has 2 aliphatic rings. The summed E-state index contributed by atoms with van der Waals surface area (Å²) in [6.07, 6.45) is 3.09. The fourth-order valence-corrected chi connectivity index (χ4v) is 6.22. The molecular weight excluding hydrogens is 847 g/mol. The van der Waals surface area contributed by atoms with Crippen LogP contribution < -0.4 is 10.2 Å². The maximum Gasteiger partial charge on any atom is 0.335 e. The number of unbranched alkanes of at least 4 members (excludes halogenated alkanes) is 2. The average molecular weight is 912 g/mol. The standard InChI is InChI=1S/C47H65N3O15/c51-43(48-19-7-1-2-12-44(52)49-38-41-10-4-3-8-39(41)13-14-40-9-5-6-11-42(40)49)17-20-56-22-24-58-26-28-60-30-32-62-34-36-64-37-35-63-33-31-61-29-27-59-25-23-57-21-18-47(55)65-50-45(53)15-16-46(50)54/h3-6,8-11H,1-2,7,12,15-38H2,(H,48,51). The topological polar surface area (TPSA) is 196 Å². The summed E-state index contributed by atoms with van der Waals surface area (Å²) in [4.78, 5) is 66.7. The monoisotopic (exact) mass is 911 g/mol. The molecule has 358 valence electrons. The largest absolute Gasteiger partial charge is 0.379 e. The Kier molecular flexibility index (Phi) is 27.3. The van der Waals surface area contributed by atoms with Gasteiger partial charge in [0.1, 0.15) is 0 Å². The summed E-state index contributed by atoms with van der Waals surface area (Å²) >= 11 is 0. The molecule has 0 atom stereocenters. The van der Waals surface area contributed by atoms with Gasteiger partial charge in [0.2, 0.25) is 11.8 Å². The van der Waals surface area contributed by atoms with Gasteiger partial charge in [-0.1, -0.05) is 48.6 Å². The van der Waals surface area contributed by atoms with Crippen molar-refractivity contribution in [2.75, 3.05) is 130 Å². The van der Waals surface area contributed by atoms with Crippen LogP contribution in [-0.4, -0.2) is 160 Å². The minimum absolute atomic E-state index is 0.0524. The average Bonchev–Trinajstić information content (AvgIpc) is 3.62. The predicted octanol–water partition coefficient (Wildman–Crippen LogP) is 3.15. The second-order valence-electron chi connectivity index (χ2n) is 14.6. The van der Waals surface area contributed by atoms with Crippen molar-refractivity contribution in [1.29, 1.82) is 0 Å². The van der Waals surface area contributed by atoms with Crippen LogP contribution in [0.3, 0.4) is 0 Å². The number of fused-ring (bicyclic) bond motifs is 2. The van der Waals surface area contributed by atoms with Crippen molar-refractivity contribution in [2.45, 2.75) is 57.9 Å². The zero-order valence-corrected chi connectivity index (χ0v) is 37.4. The Hall–Kier alpha value is -4.81. The van der Waals surface area contributed by atoms with E-state index in [1.54, 1.807) is 0 Å². The molecule has 0 radical (unpaired) electrons. The first-order valence-corrected chi connectivity index (χ1v) is 22.4. The molecule has 0 saturated carbocycles.